The van der Waals surface area contributed by atoms with E-state index in [1.807, 2.05) is 21.1 Å². The first-order chi connectivity index (χ1) is 49.1. The Balaban J connectivity index is 3.86. The molecule has 9 nitrogen and oxygen atoms in total. The van der Waals surface area contributed by atoms with Gasteiger partial charge in [0.05, 0.1) is 34.4 Å². The van der Waals surface area contributed by atoms with Crippen LogP contribution in [-0.2, 0) is 33.3 Å². The largest absolute Gasteiger partial charge is 0.477 e. The van der Waals surface area contributed by atoms with Gasteiger partial charge in [-0.05, 0) is 12.8 Å². The predicted molar refractivity (Wildman–Crippen MR) is 434 cm³/mol. The molecule has 1 N–H and O–H groups in total. The molecule has 0 saturated heterocycles. The lowest BCUT2D eigenvalue weighted by Gasteiger charge is -2.25. The van der Waals surface area contributed by atoms with E-state index in [-0.39, 0.29) is 38.2 Å². The van der Waals surface area contributed by atoms with E-state index in [9.17, 15) is 19.5 Å². The normalized spacial score (nSPS) is 12.4. The maximum absolute atomic E-state index is 13.0. The van der Waals surface area contributed by atoms with E-state index in [1.54, 1.807) is 0 Å². The molecule has 596 valence electrons. The zero-order chi connectivity index (χ0) is 72.5. The number of ether oxygens (including phenoxy) is 4. The SMILES string of the molecule is CCCCCCCCCCCCCCCCCCCCCCCCCCCCCCCCCCCCCCCCCC(=O)OC(COC(=O)CCCCCCCCCCCCCCCCCCCCCCCCCCCCCCCCCCCCCC)COC(OCC[N+](C)(C)C)C(=O)O. The fraction of sp³-hybridized carbons (Fsp3) is 0.967. The van der Waals surface area contributed by atoms with Crippen molar-refractivity contribution in [1.29, 1.82) is 0 Å². The number of rotatable bonds is 88. The monoisotopic (exact) mass is 1420 g/mol. The summed E-state index contributed by atoms with van der Waals surface area (Å²) in [5, 5.41) is 9.79. The first-order valence-corrected chi connectivity index (χ1v) is 45.7. The summed E-state index contributed by atoms with van der Waals surface area (Å²) in [6, 6.07) is 0. The highest BCUT2D eigenvalue weighted by molar-refractivity contribution is 5.71. The molecule has 0 aromatic heterocycles. The van der Waals surface area contributed by atoms with E-state index in [0.717, 1.165) is 38.5 Å². The molecule has 0 aromatic carbocycles. The van der Waals surface area contributed by atoms with Crippen molar-refractivity contribution in [3.63, 3.8) is 0 Å². The van der Waals surface area contributed by atoms with Gasteiger partial charge in [0.2, 0.25) is 0 Å². The van der Waals surface area contributed by atoms with Crippen molar-refractivity contribution >= 4 is 17.9 Å². The van der Waals surface area contributed by atoms with E-state index in [0.29, 0.717) is 17.4 Å². The van der Waals surface area contributed by atoms with Gasteiger partial charge in [0, 0.05) is 12.8 Å². The smallest absolute Gasteiger partial charge is 0.361 e. The molecule has 0 saturated carbocycles. The van der Waals surface area contributed by atoms with Gasteiger partial charge in [0.15, 0.2) is 6.10 Å². The summed E-state index contributed by atoms with van der Waals surface area (Å²) in [4.78, 5) is 37.8. The van der Waals surface area contributed by atoms with Crippen molar-refractivity contribution in [2.45, 2.75) is 521 Å². The summed E-state index contributed by atoms with van der Waals surface area (Å²) in [6.07, 6.45) is 102. The number of hydrogen-bond donors (Lipinski definition) is 1. The van der Waals surface area contributed by atoms with Gasteiger partial charge in [-0.3, -0.25) is 9.59 Å². The molecule has 2 unspecified atom stereocenters. The second-order valence-electron chi connectivity index (χ2n) is 33.0. The third-order valence-corrected chi connectivity index (χ3v) is 21.6. The molecule has 100 heavy (non-hydrogen) atoms. The number of carboxylic acid groups (broad SMARTS) is 1. The van der Waals surface area contributed by atoms with Gasteiger partial charge >= 0.3 is 17.9 Å². The maximum atomic E-state index is 13.0. The lowest BCUT2D eigenvalue weighted by atomic mass is 10.0. The highest BCUT2D eigenvalue weighted by atomic mass is 16.7. The zero-order valence-corrected chi connectivity index (χ0v) is 68.7. The zero-order valence-electron chi connectivity index (χ0n) is 68.7. The number of aliphatic carboxylic acids is 1. The van der Waals surface area contributed by atoms with Crippen molar-refractivity contribution in [3.05, 3.63) is 0 Å². The van der Waals surface area contributed by atoms with E-state index < -0.39 is 18.4 Å². The second kappa shape index (κ2) is 82.9. The molecule has 0 heterocycles. The Bertz CT molecular complexity index is 1600. The van der Waals surface area contributed by atoms with Crippen molar-refractivity contribution in [1.82, 2.24) is 0 Å². The Labute approximate surface area is 625 Å². The van der Waals surface area contributed by atoms with Crippen LogP contribution in [0.3, 0.4) is 0 Å². The average molecular weight is 1420 g/mol. The molecule has 0 rings (SSSR count). The lowest BCUT2D eigenvalue weighted by molar-refractivity contribution is -0.870. The second-order valence-corrected chi connectivity index (χ2v) is 33.0. The lowest BCUT2D eigenvalue weighted by Crippen LogP contribution is -2.40. The van der Waals surface area contributed by atoms with Crippen LogP contribution in [0.4, 0.5) is 0 Å². The van der Waals surface area contributed by atoms with Crippen LogP contribution in [0.15, 0.2) is 0 Å². The molecular formula is C91H180NO8+. The molecule has 0 aliphatic rings. The van der Waals surface area contributed by atoms with Crippen LogP contribution in [0, 0.1) is 0 Å². The van der Waals surface area contributed by atoms with E-state index in [2.05, 4.69) is 13.8 Å². The van der Waals surface area contributed by atoms with E-state index in [1.165, 1.54) is 443 Å². The Morgan fingerprint density at radius 1 is 0.260 bits per heavy atom. The summed E-state index contributed by atoms with van der Waals surface area (Å²) >= 11 is 0. The number of carbonyl (C=O) groups is 3. The standard InChI is InChI=1S/C91H179NO8/c1-6-8-10-12-14-16-18-20-22-24-26-28-30-32-34-36-38-40-42-44-45-46-48-50-52-54-56-58-60-62-64-66-68-70-72-74-76-78-80-82-89(94)100-87(86-99-91(90(95)96)97-84-83-92(3,4)5)85-98-88(93)81-79-77-75-73-71-69-67-65-63-61-59-57-55-53-51-49-47-43-41-39-37-35-33-31-29-27-25-23-21-19-17-15-13-11-9-7-2/h87,91H,6-86H2,1-5H3/p+1. The Kier molecular flexibility index (Phi) is 81.5. The van der Waals surface area contributed by atoms with Gasteiger partial charge in [0.25, 0.3) is 6.29 Å². The number of carbonyl (C=O) groups excluding carboxylic acids is 2. The van der Waals surface area contributed by atoms with Crippen LogP contribution in [0.5, 0.6) is 0 Å². The minimum Gasteiger partial charge on any atom is -0.477 e. The van der Waals surface area contributed by atoms with Gasteiger partial charge < -0.3 is 28.5 Å². The number of carboxylic acids is 1. The topological polar surface area (TPSA) is 108 Å². The van der Waals surface area contributed by atoms with Crippen molar-refractivity contribution < 1.29 is 42.9 Å². The number of unbranched alkanes of at least 4 members (excludes halogenated alkanes) is 73. The Morgan fingerprint density at radius 3 is 0.640 bits per heavy atom. The molecule has 2 atom stereocenters. The molecule has 0 aromatic rings. The highest BCUT2D eigenvalue weighted by Gasteiger charge is 2.25. The molecule has 9 heteroatoms. The van der Waals surface area contributed by atoms with E-state index >= 15 is 0 Å². The van der Waals surface area contributed by atoms with Crippen LogP contribution in [0.25, 0.3) is 0 Å². The third kappa shape index (κ3) is 83.6. The Morgan fingerprint density at radius 2 is 0.450 bits per heavy atom. The third-order valence-electron chi connectivity index (χ3n) is 21.6. The van der Waals surface area contributed by atoms with Crippen LogP contribution < -0.4 is 0 Å². The fourth-order valence-corrected chi connectivity index (χ4v) is 14.7. The van der Waals surface area contributed by atoms with Crippen molar-refractivity contribution in [2.24, 2.45) is 0 Å². The molecule has 0 fully saturated rings. The summed E-state index contributed by atoms with van der Waals surface area (Å²) in [7, 11) is 6.01. The minimum atomic E-state index is -1.51. The minimum absolute atomic E-state index is 0.171. The van der Waals surface area contributed by atoms with Gasteiger partial charge in [-0.2, -0.15) is 0 Å². The first kappa shape index (κ1) is 98.3. The van der Waals surface area contributed by atoms with Crippen LogP contribution in [0.1, 0.15) is 508 Å². The van der Waals surface area contributed by atoms with Crippen LogP contribution in [0.2, 0.25) is 0 Å². The van der Waals surface area contributed by atoms with Gasteiger partial charge in [-0.1, -0.05) is 483 Å². The summed E-state index contributed by atoms with van der Waals surface area (Å²) < 4.78 is 23.1. The highest BCUT2D eigenvalue weighted by Crippen LogP contribution is 2.22. The molecule has 0 bridgehead atoms. The van der Waals surface area contributed by atoms with Crippen LogP contribution in [-0.4, -0.2) is 87.4 Å². The maximum Gasteiger partial charge on any atom is 0.361 e. The summed E-state index contributed by atoms with van der Waals surface area (Å²) in [5.41, 5.74) is 0. The molecule has 0 aliphatic heterocycles. The Hall–Kier alpha value is -1.71. The molecule has 0 aliphatic carbocycles. The van der Waals surface area contributed by atoms with Crippen LogP contribution >= 0.6 is 0 Å². The number of esters is 2. The quantitative estimate of drug-likeness (QED) is 0.0278. The molecule has 0 spiro atoms. The van der Waals surface area contributed by atoms with E-state index in [4.69, 9.17) is 18.9 Å². The number of hydrogen-bond acceptors (Lipinski definition) is 7. The molecule has 0 radical (unpaired) electrons. The van der Waals surface area contributed by atoms with Gasteiger partial charge in [-0.15, -0.1) is 0 Å². The number of quaternary nitrogens is 1. The van der Waals surface area contributed by atoms with Crippen molar-refractivity contribution in [3.8, 4) is 0 Å². The number of nitrogens with zero attached hydrogens (tertiary/aromatic N) is 1. The molecular weight excluding hydrogens is 1230 g/mol. The summed E-state index contributed by atoms with van der Waals surface area (Å²) in [5.74, 6) is -1.96. The summed E-state index contributed by atoms with van der Waals surface area (Å²) in [6.45, 7) is 5.00. The first-order valence-electron chi connectivity index (χ1n) is 45.7. The molecule has 0 amide bonds. The van der Waals surface area contributed by atoms with Gasteiger partial charge in [0.1, 0.15) is 13.2 Å². The average Bonchev–Trinajstić information content (AvgIpc) is 1.08. The van der Waals surface area contributed by atoms with Crippen molar-refractivity contribution in [2.75, 3.05) is 47.5 Å². The van der Waals surface area contributed by atoms with Gasteiger partial charge in [-0.25, -0.2) is 4.79 Å². The fourth-order valence-electron chi connectivity index (χ4n) is 14.7. The number of likely N-dealkylation sites (N-methyl/N-ethyl adjacent to an activating group) is 1. The predicted octanol–water partition coefficient (Wildman–Crippen LogP) is 29.7.